The first-order valence-corrected chi connectivity index (χ1v) is 11.4. The van der Waals surface area contributed by atoms with Gasteiger partial charge >= 0.3 is 6.09 Å². The maximum Gasteiger partial charge on any atom is 0.414 e. The summed E-state index contributed by atoms with van der Waals surface area (Å²) in [5.41, 5.74) is 2.55. The normalized spacial score (nSPS) is 13.5. The molecule has 1 aliphatic rings. The first-order valence-electron chi connectivity index (χ1n) is 9.88. The van der Waals surface area contributed by atoms with Crippen molar-refractivity contribution in [2.24, 2.45) is 0 Å². The van der Waals surface area contributed by atoms with Crippen LogP contribution in [0.3, 0.4) is 0 Å². The van der Waals surface area contributed by atoms with E-state index in [4.69, 9.17) is 4.74 Å². The number of para-hydroxylation sites is 3. The van der Waals surface area contributed by atoms with Crippen molar-refractivity contribution in [3.05, 3.63) is 83.9 Å². The summed E-state index contributed by atoms with van der Waals surface area (Å²) < 4.78 is 32.9. The van der Waals surface area contributed by atoms with E-state index in [9.17, 15) is 18.0 Å². The van der Waals surface area contributed by atoms with Crippen molar-refractivity contribution in [2.45, 2.75) is 11.8 Å². The van der Waals surface area contributed by atoms with Gasteiger partial charge in [0.25, 0.3) is 15.9 Å². The molecule has 9 heteroatoms. The Morgan fingerprint density at radius 3 is 2.25 bits per heavy atom. The molecule has 2 amide bonds. The van der Waals surface area contributed by atoms with Crippen molar-refractivity contribution in [3.63, 3.8) is 0 Å². The number of rotatable bonds is 6. The molecule has 0 aromatic heterocycles. The van der Waals surface area contributed by atoms with E-state index in [1.165, 1.54) is 29.2 Å². The third-order valence-electron chi connectivity index (χ3n) is 5.02. The van der Waals surface area contributed by atoms with E-state index < -0.39 is 22.0 Å². The highest BCUT2D eigenvalue weighted by Crippen LogP contribution is 2.28. The third kappa shape index (κ3) is 4.42. The smallest absolute Gasteiger partial charge is 0.414 e. The van der Waals surface area contributed by atoms with Gasteiger partial charge in [-0.15, -0.1) is 0 Å². The number of aryl methyl sites for hydroxylation is 1. The van der Waals surface area contributed by atoms with Gasteiger partial charge in [-0.05, 0) is 55.0 Å². The van der Waals surface area contributed by atoms with E-state index >= 15 is 0 Å². The number of hydrogen-bond donors (Lipinski definition) is 2. The van der Waals surface area contributed by atoms with Crippen molar-refractivity contribution in [1.29, 1.82) is 0 Å². The zero-order chi connectivity index (χ0) is 22.7. The molecule has 32 heavy (non-hydrogen) atoms. The lowest BCUT2D eigenvalue weighted by molar-refractivity contribution is 0.102. The maximum absolute atomic E-state index is 12.7. The van der Waals surface area contributed by atoms with Crippen LogP contribution in [-0.4, -0.2) is 33.6 Å². The molecular formula is C23H21N3O5S. The van der Waals surface area contributed by atoms with Crippen LogP contribution >= 0.6 is 0 Å². The molecule has 1 saturated heterocycles. The molecule has 0 unspecified atom stereocenters. The largest absolute Gasteiger partial charge is 0.447 e. The fraction of sp³-hybridized carbons (Fsp3) is 0.130. The van der Waals surface area contributed by atoms with Crippen molar-refractivity contribution < 1.29 is 22.7 Å². The summed E-state index contributed by atoms with van der Waals surface area (Å²) in [5, 5.41) is 2.78. The average molecular weight is 452 g/mol. The Kier molecular flexibility index (Phi) is 5.83. The van der Waals surface area contributed by atoms with Gasteiger partial charge in [0.15, 0.2) is 0 Å². The summed E-state index contributed by atoms with van der Waals surface area (Å²) in [6.45, 7) is 2.49. The van der Waals surface area contributed by atoms with Gasteiger partial charge in [0.1, 0.15) is 6.61 Å². The molecule has 0 spiro atoms. The van der Waals surface area contributed by atoms with E-state index in [0.717, 1.165) is 5.56 Å². The number of hydrogen-bond acceptors (Lipinski definition) is 5. The Labute approximate surface area is 185 Å². The molecule has 4 rings (SSSR count). The van der Waals surface area contributed by atoms with Gasteiger partial charge < -0.3 is 10.1 Å². The average Bonchev–Trinajstić information content (AvgIpc) is 3.21. The van der Waals surface area contributed by atoms with Crippen molar-refractivity contribution in [2.75, 3.05) is 28.1 Å². The molecule has 1 heterocycles. The van der Waals surface area contributed by atoms with E-state index in [1.807, 2.05) is 19.1 Å². The van der Waals surface area contributed by atoms with Crippen LogP contribution in [0.2, 0.25) is 0 Å². The third-order valence-corrected chi connectivity index (χ3v) is 6.40. The number of carbonyl (C=O) groups excluding carboxylic acids is 2. The number of ether oxygens (including phenoxy) is 1. The van der Waals surface area contributed by atoms with Crippen LogP contribution in [0.5, 0.6) is 0 Å². The molecule has 0 radical (unpaired) electrons. The summed E-state index contributed by atoms with van der Waals surface area (Å²) in [6.07, 6.45) is -0.470. The first-order chi connectivity index (χ1) is 15.3. The zero-order valence-electron chi connectivity index (χ0n) is 17.2. The summed E-state index contributed by atoms with van der Waals surface area (Å²) in [7, 11) is -3.80. The number of benzene rings is 3. The van der Waals surface area contributed by atoms with Gasteiger partial charge in [0.2, 0.25) is 0 Å². The van der Waals surface area contributed by atoms with E-state index in [1.54, 1.807) is 36.4 Å². The van der Waals surface area contributed by atoms with Crippen LogP contribution in [0.4, 0.5) is 21.9 Å². The van der Waals surface area contributed by atoms with Gasteiger partial charge in [-0.2, -0.15) is 0 Å². The molecule has 0 bridgehead atoms. The second-order valence-electron chi connectivity index (χ2n) is 7.18. The fourth-order valence-electron chi connectivity index (χ4n) is 3.30. The molecular weight excluding hydrogens is 430 g/mol. The predicted molar refractivity (Wildman–Crippen MR) is 122 cm³/mol. The predicted octanol–water partition coefficient (Wildman–Crippen LogP) is 4.00. The number of cyclic esters (lactones) is 1. The summed E-state index contributed by atoms with van der Waals surface area (Å²) in [5.74, 6) is -0.430. The van der Waals surface area contributed by atoms with Gasteiger partial charge in [-0.25, -0.2) is 13.2 Å². The van der Waals surface area contributed by atoms with Gasteiger partial charge in [-0.1, -0.05) is 30.3 Å². The summed E-state index contributed by atoms with van der Waals surface area (Å²) >= 11 is 0. The number of nitrogens with one attached hydrogen (secondary N) is 2. The highest BCUT2D eigenvalue weighted by molar-refractivity contribution is 7.92. The lowest BCUT2D eigenvalue weighted by Crippen LogP contribution is -2.25. The summed E-state index contributed by atoms with van der Waals surface area (Å²) in [6, 6.07) is 19.6. The Hall–Kier alpha value is -3.85. The number of carbonyl (C=O) groups is 2. The monoisotopic (exact) mass is 451 g/mol. The van der Waals surface area contributed by atoms with Crippen LogP contribution in [0.15, 0.2) is 77.7 Å². The zero-order valence-corrected chi connectivity index (χ0v) is 18.1. The standard InChI is InChI=1S/C23H21N3O5S/c1-16-6-2-3-7-19(16)25-32(29,30)18-12-10-17(11-13-18)22(27)24-20-8-4-5-9-21(20)26-14-15-31-23(26)28/h2-13,25H,14-15H2,1H3,(H,24,27). The van der Waals surface area contributed by atoms with E-state index in [-0.39, 0.29) is 17.1 Å². The van der Waals surface area contributed by atoms with Crippen LogP contribution < -0.4 is 14.9 Å². The minimum Gasteiger partial charge on any atom is -0.447 e. The lowest BCUT2D eigenvalue weighted by Gasteiger charge is -2.17. The Bertz CT molecular complexity index is 1270. The van der Waals surface area contributed by atoms with Crippen molar-refractivity contribution in [3.8, 4) is 0 Å². The van der Waals surface area contributed by atoms with Gasteiger partial charge in [0.05, 0.1) is 28.5 Å². The van der Waals surface area contributed by atoms with Gasteiger partial charge in [-0.3, -0.25) is 14.4 Å². The van der Waals surface area contributed by atoms with Crippen LogP contribution in [0.25, 0.3) is 0 Å². The minimum absolute atomic E-state index is 0.0394. The second kappa shape index (κ2) is 8.72. The number of anilines is 3. The molecule has 1 aliphatic heterocycles. The highest BCUT2D eigenvalue weighted by atomic mass is 32.2. The molecule has 0 atom stereocenters. The topological polar surface area (TPSA) is 105 Å². The molecule has 0 aliphatic carbocycles. The molecule has 2 N–H and O–H groups in total. The Morgan fingerprint density at radius 2 is 1.59 bits per heavy atom. The van der Waals surface area contributed by atoms with Crippen LogP contribution in [-0.2, 0) is 14.8 Å². The van der Waals surface area contributed by atoms with Crippen LogP contribution in [0.1, 0.15) is 15.9 Å². The Morgan fingerprint density at radius 1 is 0.938 bits per heavy atom. The second-order valence-corrected chi connectivity index (χ2v) is 8.86. The number of amides is 2. The number of nitrogens with zero attached hydrogens (tertiary/aromatic N) is 1. The lowest BCUT2D eigenvalue weighted by atomic mass is 10.2. The quantitative estimate of drug-likeness (QED) is 0.589. The number of sulfonamides is 1. The SMILES string of the molecule is Cc1ccccc1NS(=O)(=O)c1ccc(C(=O)Nc2ccccc2N2CCOC2=O)cc1. The van der Waals surface area contributed by atoms with E-state index in [2.05, 4.69) is 10.0 Å². The molecule has 164 valence electrons. The summed E-state index contributed by atoms with van der Waals surface area (Å²) in [4.78, 5) is 26.1. The molecule has 3 aromatic rings. The molecule has 3 aromatic carbocycles. The highest BCUT2D eigenvalue weighted by Gasteiger charge is 2.26. The first kappa shape index (κ1) is 21.4. The Balaban J connectivity index is 1.51. The molecule has 0 saturated carbocycles. The van der Waals surface area contributed by atoms with Crippen molar-refractivity contribution in [1.82, 2.24) is 0 Å². The van der Waals surface area contributed by atoms with Crippen LogP contribution in [0, 0.1) is 6.92 Å². The van der Waals surface area contributed by atoms with Gasteiger partial charge in [0, 0.05) is 5.56 Å². The fourth-order valence-corrected chi connectivity index (χ4v) is 4.43. The molecule has 1 fully saturated rings. The van der Waals surface area contributed by atoms with E-state index in [0.29, 0.717) is 23.6 Å². The molecule has 8 nitrogen and oxygen atoms in total. The van der Waals surface area contributed by atoms with Crippen molar-refractivity contribution >= 4 is 39.1 Å². The minimum atomic E-state index is -3.80. The maximum atomic E-state index is 12.7.